The zero-order chi connectivity index (χ0) is 13.7. The number of anilines is 2. The minimum absolute atomic E-state index is 0.357. The van der Waals surface area contributed by atoms with Crippen molar-refractivity contribution in [1.82, 2.24) is 0 Å². The quantitative estimate of drug-likeness (QED) is 0.853. The molecule has 0 amide bonds. The van der Waals surface area contributed by atoms with Crippen LogP contribution in [0.3, 0.4) is 0 Å². The molecule has 0 saturated heterocycles. The number of nitrogens with one attached hydrogen (secondary N) is 1. The first-order chi connectivity index (χ1) is 9.22. The summed E-state index contributed by atoms with van der Waals surface area (Å²) in [6, 6.07) is 16.2. The van der Waals surface area contributed by atoms with Crippen LogP contribution in [0.15, 0.2) is 48.5 Å². The lowest BCUT2D eigenvalue weighted by atomic mass is 10.2. The summed E-state index contributed by atoms with van der Waals surface area (Å²) in [6.07, 6.45) is 0. The van der Waals surface area contributed by atoms with Crippen LogP contribution in [0.2, 0.25) is 0 Å². The summed E-state index contributed by atoms with van der Waals surface area (Å²) in [6.45, 7) is 0. The van der Waals surface area contributed by atoms with Crippen molar-refractivity contribution in [2.75, 3.05) is 12.4 Å². The summed E-state index contributed by atoms with van der Waals surface area (Å²) in [7, 11) is 1.35. The fourth-order valence-corrected chi connectivity index (χ4v) is 1.60. The second-order valence-electron chi connectivity index (χ2n) is 3.88. The van der Waals surface area contributed by atoms with Crippen LogP contribution in [0.5, 0.6) is 0 Å². The van der Waals surface area contributed by atoms with Crippen molar-refractivity contribution in [2.45, 2.75) is 0 Å². The Balaban J connectivity index is 2.10. The second-order valence-corrected chi connectivity index (χ2v) is 3.88. The highest BCUT2D eigenvalue weighted by Crippen LogP contribution is 2.17. The van der Waals surface area contributed by atoms with Gasteiger partial charge in [0.2, 0.25) is 0 Å². The predicted octanol–water partition coefficient (Wildman–Crippen LogP) is 3.09. The van der Waals surface area contributed by atoms with Gasteiger partial charge in [-0.1, -0.05) is 0 Å². The Hall–Kier alpha value is -2.80. The average molecular weight is 252 g/mol. The van der Waals surface area contributed by atoms with Gasteiger partial charge in [0, 0.05) is 11.4 Å². The van der Waals surface area contributed by atoms with Gasteiger partial charge in [-0.3, -0.25) is 0 Å². The SMILES string of the molecule is COC(=O)c1ccc(Nc2ccc(C#N)cc2)cc1. The van der Waals surface area contributed by atoms with Crippen molar-refractivity contribution in [2.24, 2.45) is 0 Å². The van der Waals surface area contributed by atoms with Gasteiger partial charge in [-0.25, -0.2) is 4.79 Å². The maximum atomic E-state index is 11.3. The van der Waals surface area contributed by atoms with Crippen molar-refractivity contribution in [3.63, 3.8) is 0 Å². The molecule has 0 saturated carbocycles. The van der Waals surface area contributed by atoms with Crippen molar-refractivity contribution in [3.05, 3.63) is 59.7 Å². The number of benzene rings is 2. The lowest BCUT2D eigenvalue weighted by Crippen LogP contribution is -2.00. The number of carbonyl (C=O) groups excluding carboxylic acids is 1. The second kappa shape index (κ2) is 5.69. The molecule has 0 aromatic heterocycles. The fraction of sp³-hybridized carbons (Fsp3) is 0.0667. The third-order valence-electron chi connectivity index (χ3n) is 2.61. The molecule has 2 rings (SSSR count). The maximum absolute atomic E-state index is 11.3. The topological polar surface area (TPSA) is 62.1 Å². The van der Waals surface area contributed by atoms with Crippen LogP contribution in [0.4, 0.5) is 11.4 Å². The Kier molecular flexibility index (Phi) is 3.79. The Bertz CT molecular complexity index is 610. The van der Waals surface area contributed by atoms with E-state index in [1.54, 1.807) is 36.4 Å². The van der Waals surface area contributed by atoms with E-state index < -0.39 is 0 Å². The summed E-state index contributed by atoms with van der Waals surface area (Å²) in [5, 5.41) is 11.9. The number of carbonyl (C=O) groups is 1. The third-order valence-corrected chi connectivity index (χ3v) is 2.61. The van der Waals surface area contributed by atoms with Crippen LogP contribution in [0.25, 0.3) is 0 Å². The van der Waals surface area contributed by atoms with Crippen LogP contribution in [0.1, 0.15) is 15.9 Å². The van der Waals surface area contributed by atoms with Crippen LogP contribution in [-0.4, -0.2) is 13.1 Å². The van der Waals surface area contributed by atoms with E-state index in [1.165, 1.54) is 7.11 Å². The number of nitriles is 1. The van der Waals surface area contributed by atoms with Gasteiger partial charge in [-0.2, -0.15) is 5.26 Å². The zero-order valence-electron chi connectivity index (χ0n) is 10.4. The van der Waals surface area contributed by atoms with E-state index in [0.717, 1.165) is 11.4 Å². The van der Waals surface area contributed by atoms with Crippen molar-refractivity contribution < 1.29 is 9.53 Å². The highest BCUT2D eigenvalue weighted by atomic mass is 16.5. The molecule has 0 fully saturated rings. The lowest BCUT2D eigenvalue weighted by molar-refractivity contribution is 0.0601. The van der Waals surface area contributed by atoms with Gasteiger partial charge in [0.15, 0.2) is 0 Å². The minimum atomic E-state index is -0.357. The Morgan fingerprint density at radius 3 is 2.05 bits per heavy atom. The normalized spacial score (nSPS) is 9.47. The van der Waals surface area contributed by atoms with E-state index in [9.17, 15) is 4.79 Å². The Morgan fingerprint density at radius 2 is 1.58 bits per heavy atom. The molecule has 0 spiro atoms. The van der Waals surface area contributed by atoms with Crippen LogP contribution in [-0.2, 0) is 4.74 Å². The van der Waals surface area contributed by atoms with Gasteiger partial charge in [0.05, 0.1) is 24.3 Å². The molecule has 0 aliphatic rings. The number of rotatable bonds is 3. The number of esters is 1. The average Bonchev–Trinajstić information content (AvgIpc) is 2.48. The van der Waals surface area contributed by atoms with Gasteiger partial charge < -0.3 is 10.1 Å². The van der Waals surface area contributed by atoms with Crippen LogP contribution >= 0.6 is 0 Å². The summed E-state index contributed by atoms with van der Waals surface area (Å²) >= 11 is 0. The number of methoxy groups -OCH3 is 1. The first kappa shape index (κ1) is 12.7. The number of hydrogen-bond donors (Lipinski definition) is 1. The van der Waals surface area contributed by atoms with E-state index >= 15 is 0 Å². The molecule has 0 aliphatic heterocycles. The molecule has 0 bridgehead atoms. The van der Waals surface area contributed by atoms with Crippen molar-refractivity contribution in [1.29, 1.82) is 5.26 Å². The van der Waals surface area contributed by atoms with Crippen molar-refractivity contribution >= 4 is 17.3 Å². The van der Waals surface area contributed by atoms with Gasteiger partial charge in [-0.15, -0.1) is 0 Å². The predicted molar refractivity (Wildman–Crippen MR) is 72.2 cm³/mol. The van der Waals surface area contributed by atoms with Gasteiger partial charge in [0.1, 0.15) is 0 Å². The summed E-state index contributed by atoms with van der Waals surface area (Å²) < 4.78 is 4.63. The highest BCUT2D eigenvalue weighted by Gasteiger charge is 2.04. The maximum Gasteiger partial charge on any atom is 0.337 e. The standard InChI is InChI=1S/C15H12N2O2/c1-19-15(18)12-4-8-14(9-5-12)17-13-6-2-11(10-16)3-7-13/h2-9,17H,1H3. The largest absolute Gasteiger partial charge is 0.465 e. The zero-order valence-corrected chi connectivity index (χ0v) is 10.4. The Labute approximate surface area is 111 Å². The molecule has 2 aromatic carbocycles. The first-order valence-electron chi connectivity index (χ1n) is 5.68. The summed E-state index contributed by atoms with van der Waals surface area (Å²) in [5.41, 5.74) is 2.86. The molecule has 19 heavy (non-hydrogen) atoms. The van der Waals surface area contributed by atoms with E-state index in [-0.39, 0.29) is 5.97 Å². The molecule has 94 valence electrons. The molecule has 0 aliphatic carbocycles. The van der Waals surface area contributed by atoms with E-state index in [4.69, 9.17) is 5.26 Å². The molecule has 4 nitrogen and oxygen atoms in total. The van der Waals surface area contributed by atoms with Gasteiger partial charge >= 0.3 is 5.97 Å². The summed E-state index contributed by atoms with van der Waals surface area (Å²) in [5.74, 6) is -0.357. The molecule has 1 N–H and O–H groups in total. The molecule has 2 aromatic rings. The third kappa shape index (κ3) is 3.11. The van der Waals surface area contributed by atoms with Gasteiger partial charge in [0.25, 0.3) is 0 Å². The molecular formula is C15H12N2O2. The Morgan fingerprint density at radius 1 is 1.05 bits per heavy atom. The molecule has 0 radical (unpaired) electrons. The fourth-order valence-electron chi connectivity index (χ4n) is 1.60. The van der Waals surface area contributed by atoms with Crippen LogP contribution < -0.4 is 5.32 Å². The first-order valence-corrected chi connectivity index (χ1v) is 5.68. The van der Waals surface area contributed by atoms with Gasteiger partial charge in [-0.05, 0) is 48.5 Å². The summed E-state index contributed by atoms with van der Waals surface area (Å²) in [4.78, 5) is 11.3. The molecule has 4 heteroatoms. The lowest BCUT2D eigenvalue weighted by Gasteiger charge is -2.07. The van der Waals surface area contributed by atoms with Crippen LogP contribution in [0, 0.1) is 11.3 Å². The smallest absolute Gasteiger partial charge is 0.337 e. The molecule has 0 unspecified atom stereocenters. The monoisotopic (exact) mass is 252 g/mol. The molecule has 0 atom stereocenters. The highest BCUT2D eigenvalue weighted by molar-refractivity contribution is 5.89. The minimum Gasteiger partial charge on any atom is -0.465 e. The van der Waals surface area contributed by atoms with Crippen molar-refractivity contribution in [3.8, 4) is 6.07 Å². The molecule has 0 heterocycles. The number of ether oxygens (including phenoxy) is 1. The number of nitrogens with zero attached hydrogens (tertiary/aromatic N) is 1. The van der Waals surface area contributed by atoms with E-state index in [1.807, 2.05) is 12.1 Å². The number of hydrogen-bond acceptors (Lipinski definition) is 4. The molecular weight excluding hydrogens is 240 g/mol. The van der Waals surface area contributed by atoms with E-state index in [2.05, 4.69) is 16.1 Å². The van der Waals surface area contributed by atoms with E-state index in [0.29, 0.717) is 11.1 Å².